The molecule has 0 radical (unpaired) electrons. The average molecular weight is 362 g/mol. The highest BCUT2D eigenvalue weighted by molar-refractivity contribution is 6.01. The van der Waals surface area contributed by atoms with E-state index in [1.54, 1.807) is 30.3 Å². The van der Waals surface area contributed by atoms with Crippen molar-refractivity contribution in [3.8, 4) is 17.2 Å². The number of hydrazone groups is 1. The highest BCUT2D eigenvalue weighted by Crippen LogP contribution is 2.28. The van der Waals surface area contributed by atoms with Crippen molar-refractivity contribution in [3.05, 3.63) is 78.4 Å². The summed E-state index contributed by atoms with van der Waals surface area (Å²) < 4.78 is 5.33. The lowest BCUT2D eigenvalue weighted by atomic mass is 10.1. The van der Waals surface area contributed by atoms with Gasteiger partial charge in [-0.2, -0.15) is 5.10 Å². The maximum absolute atomic E-state index is 12.3. The zero-order chi connectivity index (χ0) is 19.2. The summed E-state index contributed by atoms with van der Waals surface area (Å²) in [4.78, 5) is 12.3. The Bertz CT molecular complexity index is 1030. The quantitative estimate of drug-likeness (QED) is 0.355. The second-order valence-electron chi connectivity index (χ2n) is 5.71. The van der Waals surface area contributed by atoms with Gasteiger partial charge in [-0.25, -0.2) is 5.43 Å². The summed E-state index contributed by atoms with van der Waals surface area (Å²) in [7, 11) is 0. The zero-order valence-corrected chi connectivity index (χ0v) is 14.4. The molecule has 0 aromatic heterocycles. The summed E-state index contributed by atoms with van der Waals surface area (Å²) in [6.45, 7) is 3.81. The Balaban J connectivity index is 1.76. The lowest BCUT2D eigenvalue weighted by molar-refractivity contribution is 0.0952. The number of hydrogen-bond donors (Lipinski definition) is 3. The fourth-order valence-electron chi connectivity index (χ4n) is 2.54. The van der Waals surface area contributed by atoms with Gasteiger partial charge >= 0.3 is 0 Å². The third-order valence-corrected chi connectivity index (χ3v) is 3.87. The van der Waals surface area contributed by atoms with Gasteiger partial charge in [-0.15, -0.1) is 0 Å². The minimum Gasteiger partial charge on any atom is -0.507 e. The number of para-hydroxylation sites is 1. The molecule has 0 saturated heterocycles. The summed E-state index contributed by atoms with van der Waals surface area (Å²) in [5.41, 5.74) is 2.83. The van der Waals surface area contributed by atoms with Crippen LogP contribution in [0.15, 0.2) is 72.4 Å². The summed E-state index contributed by atoms with van der Waals surface area (Å²) >= 11 is 0. The number of nitrogens with one attached hydrogen (secondary N) is 1. The predicted octanol–water partition coefficient (Wildman–Crippen LogP) is 3.58. The molecule has 0 aliphatic rings. The zero-order valence-electron chi connectivity index (χ0n) is 14.4. The van der Waals surface area contributed by atoms with Crippen LogP contribution in [-0.4, -0.2) is 28.9 Å². The van der Waals surface area contributed by atoms with Crippen LogP contribution in [0.5, 0.6) is 17.2 Å². The van der Waals surface area contributed by atoms with Crippen molar-refractivity contribution in [1.29, 1.82) is 0 Å². The molecule has 6 heteroatoms. The van der Waals surface area contributed by atoms with E-state index >= 15 is 0 Å². The van der Waals surface area contributed by atoms with Gasteiger partial charge in [0.1, 0.15) is 12.4 Å². The molecule has 3 N–H and O–H groups in total. The Morgan fingerprint density at radius 3 is 2.59 bits per heavy atom. The largest absolute Gasteiger partial charge is 0.507 e. The summed E-state index contributed by atoms with van der Waals surface area (Å²) in [5.74, 6) is -0.500. The molecule has 0 bridgehead atoms. The van der Waals surface area contributed by atoms with Crippen molar-refractivity contribution in [3.63, 3.8) is 0 Å². The van der Waals surface area contributed by atoms with Gasteiger partial charge in [-0.3, -0.25) is 4.79 Å². The Labute approximate surface area is 156 Å². The molecule has 3 rings (SSSR count). The fraction of sp³-hybridized carbons (Fsp3) is 0.0476. The van der Waals surface area contributed by atoms with Crippen molar-refractivity contribution >= 4 is 22.9 Å². The molecule has 0 aliphatic carbocycles. The van der Waals surface area contributed by atoms with Crippen LogP contribution in [0.2, 0.25) is 0 Å². The van der Waals surface area contributed by atoms with E-state index in [1.165, 1.54) is 12.3 Å². The number of carbonyl (C=O) groups excluding carboxylic acids is 1. The number of carbonyl (C=O) groups is 1. The van der Waals surface area contributed by atoms with Gasteiger partial charge in [0.05, 0.1) is 11.8 Å². The van der Waals surface area contributed by atoms with Gasteiger partial charge in [-0.05, 0) is 35.0 Å². The Kier molecular flexibility index (Phi) is 5.37. The third-order valence-electron chi connectivity index (χ3n) is 3.87. The van der Waals surface area contributed by atoms with E-state index in [9.17, 15) is 15.0 Å². The van der Waals surface area contributed by atoms with Crippen molar-refractivity contribution in [2.75, 3.05) is 6.61 Å². The van der Waals surface area contributed by atoms with Crippen LogP contribution in [-0.2, 0) is 0 Å². The van der Waals surface area contributed by atoms with E-state index in [4.69, 9.17) is 4.74 Å². The van der Waals surface area contributed by atoms with Crippen LogP contribution < -0.4 is 10.2 Å². The molecule has 0 heterocycles. The maximum Gasteiger partial charge on any atom is 0.275 e. The number of aromatic hydroxyl groups is 2. The average Bonchev–Trinajstić information content (AvgIpc) is 2.67. The monoisotopic (exact) mass is 362 g/mol. The Morgan fingerprint density at radius 2 is 1.85 bits per heavy atom. The lowest BCUT2D eigenvalue weighted by Gasteiger charge is -2.08. The van der Waals surface area contributed by atoms with Gasteiger partial charge in [0, 0.05) is 5.56 Å². The molecule has 0 aliphatic heterocycles. The second-order valence-corrected chi connectivity index (χ2v) is 5.71. The minimum absolute atomic E-state index is 0.0918. The number of fused-ring (bicyclic) bond motifs is 1. The molecule has 0 fully saturated rings. The van der Waals surface area contributed by atoms with Gasteiger partial charge in [0.25, 0.3) is 5.91 Å². The van der Waals surface area contributed by atoms with E-state index in [2.05, 4.69) is 17.1 Å². The number of nitrogens with zero attached hydrogens (tertiary/aromatic N) is 1. The number of amides is 1. The van der Waals surface area contributed by atoms with Crippen LogP contribution in [0.1, 0.15) is 15.9 Å². The molecule has 3 aromatic carbocycles. The topological polar surface area (TPSA) is 91.2 Å². The summed E-state index contributed by atoms with van der Waals surface area (Å²) in [6.07, 6.45) is 2.86. The Hall–Kier alpha value is -3.80. The standard InChI is InChI=1S/C21H18N2O4/c1-2-10-27-19-9-5-8-16(20(19)25)13-22-23-21(26)17-11-14-6-3-4-7-15(14)12-18(17)24/h2-9,11-13,24-25H,1,10H2,(H,23,26). The number of benzene rings is 3. The first-order valence-electron chi connectivity index (χ1n) is 8.21. The highest BCUT2D eigenvalue weighted by atomic mass is 16.5. The third kappa shape index (κ3) is 4.07. The second kappa shape index (κ2) is 8.05. The van der Waals surface area contributed by atoms with E-state index in [0.29, 0.717) is 5.56 Å². The van der Waals surface area contributed by atoms with Crippen molar-refractivity contribution in [1.82, 2.24) is 5.43 Å². The van der Waals surface area contributed by atoms with Crippen LogP contribution in [0.3, 0.4) is 0 Å². The molecule has 0 saturated carbocycles. The highest BCUT2D eigenvalue weighted by Gasteiger charge is 2.12. The molecule has 0 spiro atoms. The SMILES string of the molecule is C=CCOc1cccc(C=NNC(=O)c2cc3ccccc3cc2O)c1O. The number of hydrogen-bond acceptors (Lipinski definition) is 5. The first-order valence-corrected chi connectivity index (χ1v) is 8.21. The number of ether oxygens (including phenoxy) is 1. The normalized spacial score (nSPS) is 10.8. The first kappa shape index (κ1) is 18.0. The molecule has 0 unspecified atom stereocenters. The number of phenolic OH excluding ortho intramolecular Hbond substituents is 2. The van der Waals surface area contributed by atoms with Crippen molar-refractivity contribution in [2.45, 2.75) is 0 Å². The molecule has 0 atom stereocenters. The van der Waals surface area contributed by atoms with Crippen LogP contribution in [0.25, 0.3) is 10.8 Å². The van der Waals surface area contributed by atoms with Crippen LogP contribution in [0.4, 0.5) is 0 Å². The van der Waals surface area contributed by atoms with Crippen LogP contribution in [0, 0.1) is 0 Å². The van der Waals surface area contributed by atoms with Crippen molar-refractivity contribution < 1.29 is 19.7 Å². The van der Waals surface area contributed by atoms with Gasteiger partial charge in [-0.1, -0.05) is 43.0 Å². The fourth-order valence-corrected chi connectivity index (χ4v) is 2.54. The van der Waals surface area contributed by atoms with Crippen molar-refractivity contribution in [2.24, 2.45) is 5.10 Å². The minimum atomic E-state index is -0.562. The van der Waals surface area contributed by atoms with Gasteiger partial charge < -0.3 is 14.9 Å². The molecular formula is C21H18N2O4. The molecule has 6 nitrogen and oxygen atoms in total. The molecule has 1 amide bonds. The maximum atomic E-state index is 12.3. The number of phenols is 2. The Morgan fingerprint density at radius 1 is 1.11 bits per heavy atom. The smallest absolute Gasteiger partial charge is 0.275 e. The molecule has 3 aromatic rings. The van der Waals surface area contributed by atoms with Gasteiger partial charge in [0.2, 0.25) is 0 Å². The molecular weight excluding hydrogens is 344 g/mol. The first-order chi connectivity index (χ1) is 13.1. The molecule has 136 valence electrons. The molecule has 27 heavy (non-hydrogen) atoms. The lowest BCUT2D eigenvalue weighted by Crippen LogP contribution is -2.17. The number of rotatable bonds is 6. The van der Waals surface area contributed by atoms with Crippen LogP contribution >= 0.6 is 0 Å². The summed E-state index contributed by atoms with van der Waals surface area (Å²) in [6, 6.07) is 15.4. The summed E-state index contributed by atoms with van der Waals surface area (Å²) in [5, 5.41) is 25.7. The predicted molar refractivity (Wildman–Crippen MR) is 104 cm³/mol. The van der Waals surface area contributed by atoms with E-state index < -0.39 is 5.91 Å². The van der Waals surface area contributed by atoms with E-state index in [-0.39, 0.29) is 29.4 Å². The van der Waals surface area contributed by atoms with E-state index in [0.717, 1.165) is 10.8 Å². The van der Waals surface area contributed by atoms with E-state index in [1.807, 2.05) is 24.3 Å². The van der Waals surface area contributed by atoms with Gasteiger partial charge in [0.15, 0.2) is 11.5 Å².